The van der Waals surface area contributed by atoms with Crippen molar-refractivity contribution in [1.29, 1.82) is 0 Å². The Hall–Kier alpha value is -3.02. The van der Waals surface area contributed by atoms with Crippen LogP contribution < -0.4 is 4.90 Å². The summed E-state index contributed by atoms with van der Waals surface area (Å²) in [5.41, 5.74) is 1.18. The number of halogens is 2. The van der Waals surface area contributed by atoms with Gasteiger partial charge in [0.15, 0.2) is 10.7 Å². The van der Waals surface area contributed by atoms with Crippen molar-refractivity contribution >= 4 is 45.5 Å². The summed E-state index contributed by atoms with van der Waals surface area (Å²) >= 11 is 1.79. The van der Waals surface area contributed by atoms with Gasteiger partial charge in [-0.2, -0.15) is 4.31 Å². The Morgan fingerprint density at radius 2 is 1.90 bits per heavy atom. The van der Waals surface area contributed by atoms with E-state index in [2.05, 4.69) is 12.1 Å². The van der Waals surface area contributed by atoms with E-state index in [-0.39, 0.29) is 46.8 Å². The highest BCUT2D eigenvalue weighted by Crippen LogP contribution is 2.41. The Morgan fingerprint density at radius 1 is 1.15 bits per heavy atom. The number of thioether (sulfide) groups is 1. The molecule has 0 N–H and O–H groups in total. The van der Waals surface area contributed by atoms with E-state index in [9.17, 15) is 22.0 Å². The number of nitrogens with zero attached hydrogens (tertiary/aromatic N) is 3. The fraction of sp³-hybridized carbons (Fsp3) is 0.357. The van der Waals surface area contributed by atoms with E-state index in [0.717, 1.165) is 29.1 Å². The molecule has 11 heteroatoms. The molecule has 1 saturated heterocycles. The average molecular weight is 574 g/mol. The summed E-state index contributed by atoms with van der Waals surface area (Å²) in [6.45, 7) is 4.64. The molecule has 0 aliphatic carbocycles. The molecule has 2 aliphatic heterocycles. The minimum absolute atomic E-state index is 0.0318. The van der Waals surface area contributed by atoms with Crippen LogP contribution in [0.15, 0.2) is 56.8 Å². The van der Waals surface area contributed by atoms with Crippen LogP contribution in [-0.2, 0) is 14.8 Å². The molecule has 0 spiro atoms. The molecule has 1 amide bonds. The molecule has 0 bridgehead atoms. The molecule has 39 heavy (non-hydrogen) atoms. The first-order valence-corrected chi connectivity index (χ1v) is 15.2. The van der Waals surface area contributed by atoms with E-state index in [0.29, 0.717) is 24.6 Å². The second-order valence-corrected chi connectivity index (χ2v) is 12.9. The van der Waals surface area contributed by atoms with Crippen molar-refractivity contribution in [2.45, 2.75) is 48.2 Å². The van der Waals surface area contributed by atoms with Crippen molar-refractivity contribution in [1.82, 2.24) is 9.46 Å². The maximum Gasteiger partial charge on any atom is 0.248 e. The first-order valence-electron chi connectivity index (χ1n) is 12.9. The number of hydrogen-bond donors (Lipinski definition) is 0. The Labute approximate surface area is 230 Å². The van der Waals surface area contributed by atoms with Gasteiger partial charge in [0.1, 0.15) is 17.3 Å². The van der Waals surface area contributed by atoms with Crippen LogP contribution >= 0.6 is 11.8 Å². The normalized spacial score (nSPS) is 19.0. The second-order valence-electron chi connectivity index (χ2n) is 9.70. The maximum atomic E-state index is 14.0. The molecule has 3 heterocycles. The molecule has 2 aliphatic rings. The lowest BCUT2D eigenvalue weighted by molar-refractivity contribution is -0.123. The summed E-state index contributed by atoms with van der Waals surface area (Å²) in [7, 11) is -3.99. The zero-order valence-electron chi connectivity index (χ0n) is 21.6. The topological polar surface area (TPSA) is 83.7 Å². The van der Waals surface area contributed by atoms with Crippen LogP contribution in [-0.4, -0.2) is 48.7 Å². The highest BCUT2D eigenvalue weighted by Gasteiger charge is 2.38. The van der Waals surface area contributed by atoms with Crippen LogP contribution in [0.4, 0.5) is 14.5 Å². The highest BCUT2D eigenvalue weighted by atomic mass is 32.2. The summed E-state index contributed by atoms with van der Waals surface area (Å²) in [6.07, 6.45) is 4.38. The lowest BCUT2D eigenvalue weighted by Gasteiger charge is -2.38. The number of aromatic nitrogens is 1. The smallest absolute Gasteiger partial charge is 0.248 e. The van der Waals surface area contributed by atoms with Crippen LogP contribution in [0.1, 0.15) is 43.2 Å². The van der Waals surface area contributed by atoms with Crippen LogP contribution in [0.2, 0.25) is 0 Å². The SMILES string of the molecule is CC[C@H]1CN(C(=O)C2CCN(S(=O)(=O)c3c(C)noc3/C=C/c3ccc(F)cc3F)CC2)c2ccccc2S1. The number of hydrogen-bond acceptors (Lipinski definition) is 6. The van der Waals surface area contributed by atoms with Gasteiger partial charge in [-0.15, -0.1) is 11.8 Å². The summed E-state index contributed by atoms with van der Waals surface area (Å²) in [5, 5.41) is 4.13. The summed E-state index contributed by atoms with van der Waals surface area (Å²) in [5.74, 6) is -1.78. The number of fused-ring (bicyclic) bond motifs is 1. The third-order valence-electron chi connectivity index (χ3n) is 7.17. The number of para-hydroxylation sites is 1. The first-order chi connectivity index (χ1) is 18.7. The molecule has 1 aromatic heterocycles. The number of piperidine rings is 1. The maximum absolute atomic E-state index is 14.0. The van der Waals surface area contributed by atoms with Gasteiger partial charge in [0.25, 0.3) is 0 Å². The molecule has 5 rings (SSSR count). The largest absolute Gasteiger partial charge is 0.355 e. The zero-order valence-corrected chi connectivity index (χ0v) is 23.3. The molecule has 2 aromatic carbocycles. The standard InChI is InChI=1S/C28H29F2N3O4S2/c1-3-22-17-33(24-6-4-5-7-26(24)38-22)28(34)20-12-14-32(15-13-20)39(35,36)27-18(2)31-37-25(27)11-9-19-8-10-21(29)16-23(19)30/h4-11,16,20,22H,3,12-15,17H2,1-2H3/b11-9+/t22-/m0/s1. The van der Waals surface area contributed by atoms with Crippen LogP contribution in [0.5, 0.6) is 0 Å². The van der Waals surface area contributed by atoms with Gasteiger partial charge >= 0.3 is 0 Å². The zero-order chi connectivity index (χ0) is 27.7. The number of amides is 1. The van der Waals surface area contributed by atoms with Gasteiger partial charge in [0, 0.05) is 47.3 Å². The van der Waals surface area contributed by atoms with Crippen molar-refractivity contribution in [3.05, 3.63) is 71.1 Å². The molecule has 206 valence electrons. The van der Waals surface area contributed by atoms with E-state index in [1.54, 1.807) is 11.8 Å². The van der Waals surface area contributed by atoms with Crippen molar-refractivity contribution in [3.8, 4) is 0 Å². The number of anilines is 1. The van der Waals surface area contributed by atoms with Crippen molar-refractivity contribution in [2.75, 3.05) is 24.5 Å². The van der Waals surface area contributed by atoms with Crippen molar-refractivity contribution in [2.24, 2.45) is 5.92 Å². The fourth-order valence-corrected chi connectivity index (χ4v) is 7.94. The predicted octanol–water partition coefficient (Wildman–Crippen LogP) is 5.75. The number of sulfonamides is 1. The second kappa shape index (κ2) is 11.2. The Kier molecular flexibility index (Phi) is 7.93. The van der Waals surface area contributed by atoms with Gasteiger partial charge < -0.3 is 9.42 Å². The van der Waals surface area contributed by atoms with E-state index in [1.807, 2.05) is 29.2 Å². The molecule has 3 aromatic rings. The lowest BCUT2D eigenvalue weighted by atomic mass is 9.96. The Balaban J connectivity index is 1.31. The van der Waals surface area contributed by atoms with E-state index >= 15 is 0 Å². The first kappa shape index (κ1) is 27.5. The summed E-state index contributed by atoms with van der Waals surface area (Å²) < 4.78 is 61.1. The van der Waals surface area contributed by atoms with E-state index in [4.69, 9.17) is 4.52 Å². The predicted molar refractivity (Wildman–Crippen MR) is 147 cm³/mol. The molecule has 7 nitrogen and oxygen atoms in total. The summed E-state index contributed by atoms with van der Waals surface area (Å²) in [6, 6.07) is 11.0. The van der Waals surface area contributed by atoms with Crippen LogP contribution in [0.3, 0.4) is 0 Å². The Bertz CT molecular complexity index is 1510. The van der Waals surface area contributed by atoms with Gasteiger partial charge in [-0.3, -0.25) is 4.79 Å². The fourth-order valence-electron chi connectivity index (χ4n) is 5.01. The minimum atomic E-state index is -3.99. The van der Waals surface area contributed by atoms with E-state index < -0.39 is 21.7 Å². The average Bonchev–Trinajstić information content (AvgIpc) is 3.32. The minimum Gasteiger partial charge on any atom is -0.355 e. The van der Waals surface area contributed by atoms with Crippen molar-refractivity contribution < 1.29 is 26.5 Å². The molecule has 1 atom stereocenters. The number of carbonyl (C=O) groups excluding carboxylic acids is 1. The third kappa shape index (κ3) is 5.53. The molecule has 0 unspecified atom stereocenters. The number of carbonyl (C=O) groups is 1. The monoisotopic (exact) mass is 573 g/mol. The highest BCUT2D eigenvalue weighted by molar-refractivity contribution is 8.00. The number of rotatable bonds is 6. The van der Waals surface area contributed by atoms with Crippen LogP contribution in [0, 0.1) is 24.5 Å². The van der Waals surface area contributed by atoms with Gasteiger partial charge in [-0.05, 0) is 62.6 Å². The lowest BCUT2D eigenvalue weighted by Crippen LogP contribution is -2.47. The molecule has 1 fully saturated rings. The number of aryl methyl sites for hydroxylation is 1. The molecule has 0 radical (unpaired) electrons. The van der Waals surface area contributed by atoms with Gasteiger partial charge in [0.2, 0.25) is 15.9 Å². The molecular weight excluding hydrogens is 544 g/mol. The van der Waals surface area contributed by atoms with Crippen LogP contribution in [0.25, 0.3) is 12.2 Å². The van der Waals surface area contributed by atoms with Crippen molar-refractivity contribution in [3.63, 3.8) is 0 Å². The van der Waals surface area contributed by atoms with Gasteiger partial charge in [0.05, 0.1) is 5.69 Å². The summed E-state index contributed by atoms with van der Waals surface area (Å²) in [4.78, 5) is 16.5. The Morgan fingerprint density at radius 3 is 2.62 bits per heavy atom. The number of benzene rings is 2. The molecule has 0 saturated carbocycles. The van der Waals surface area contributed by atoms with Gasteiger partial charge in [-0.1, -0.05) is 24.2 Å². The quantitative estimate of drug-likeness (QED) is 0.374. The van der Waals surface area contributed by atoms with Gasteiger partial charge in [-0.25, -0.2) is 17.2 Å². The van der Waals surface area contributed by atoms with E-state index in [1.165, 1.54) is 29.4 Å². The molecular formula is C28H29F2N3O4S2. The third-order valence-corrected chi connectivity index (χ3v) is 10.6.